The Labute approximate surface area is 222 Å². The number of primary amides is 1. The maximum atomic E-state index is 13.9. The molecule has 4 atom stereocenters. The van der Waals surface area contributed by atoms with Crippen LogP contribution in [0.1, 0.15) is 27.9 Å². The third-order valence-corrected chi connectivity index (χ3v) is 8.02. The lowest BCUT2D eigenvalue weighted by atomic mass is 9.57. The second-order valence-corrected chi connectivity index (χ2v) is 10.3. The molecule has 1 fully saturated rings. The number of phenols is 1. The molecular formula is C28H26N2O9. The second-order valence-electron chi connectivity index (χ2n) is 10.3. The predicted molar refractivity (Wildman–Crippen MR) is 137 cm³/mol. The van der Waals surface area contributed by atoms with Gasteiger partial charge in [-0.05, 0) is 67.7 Å². The molecule has 11 nitrogen and oxygen atoms in total. The van der Waals surface area contributed by atoms with Gasteiger partial charge in [-0.3, -0.25) is 19.3 Å². The molecule has 0 bridgehead atoms. The first-order valence-corrected chi connectivity index (χ1v) is 12.1. The number of fused-ring (bicyclic) bond motifs is 3. The number of nitrogens with two attached hydrogens (primary N) is 1. The van der Waals surface area contributed by atoms with Crippen LogP contribution in [0.2, 0.25) is 0 Å². The van der Waals surface area contributed by atoms with E-state index in [4.69, 9.17) is 5.73 Å². The molecule has 39 heavy (non-hydrogen) atoms. The van der Waals surface area contributed by atoms with Crippen LogP contribution in [0.15, 0.2) is 53.3 Å². The second kappa shape index (κ2) is 8.79. The summed E-state index contributed by atoms with van der Waals surface area (Å²) in [6.07, 6.45) is 0.0472. The fourth-order valence-electron chi connectivity index (χ4n) is 6.33. The molecule has 2 aromatic rings. The number of phenolic OH excluding ortho intramolecular Hbond substituents is 1. The standard InChI is InChI=1S/C28H26N2O9/c1-30(2)21-16-10-13-9-15-14(11-4-3-5-12(8-11)27(37)38)6-7-17(31)19(15)22(32)18(13)24(34)28(16,39)25(35)20(23(21)33)26(29)36/h3-8,13,16,21,31-32,35,39H,9-10H2,1-2H3,(H2,29,36)(H,37,38)/t13-,16-,21-,28-/m0/s1. The molecule has 0 unspecified atom stereocenters. The van der Waals surface area contributed by atoms with Crippen LogP contribution in [0.25, 0.3) is 16.9 Å². The van der Waals surface area contributed by atoms with Crippen LogP contribution >= 0.6 is 0 Å². The quantitative estimate of drug-likeness (QED) is 0.311. The number of hydrogen-bond donors (Lipinski definition) is 6. The number of carbonyl (C=O) groups excluding carboxylic acids is 3. The summed E-state index contributed by atoms with van der Waals surface area (Å²) < 4.78 is 0. The van der Waals surface area contributed by atoms with Crippen molar-refractivity contribution in [1.82, 2.24) is 4.90 Å². The van der Waals surface area contributed by atoms with E-state index < -0.39 is 64.0 Å². The first kappa shape index (κ1) is 26.1. The van der Waals surface area contributed by atoms with Gasteiger partial charge in [0.2, 0.25) is 5.78 Å². The van der Waals surface area contributed by atoms with Crippen LogP contribution in [-0.4, -0.2) is 79.6 Å². The Hall–Kier alpha value is -4.48. The van der Waals surface area contributed by atoms with Crippen molar-refractivity contribution in [2.75, 3.05) is 14.1 Å². The summed E-state index contributed by atoms with van der Waals surface area (Å²) >= 11 is 0. The Morgan fingerprint density at radius 2 is 1.77 bits per heavy atom. The zero-order valence-electron chi connectivity index (χ0n) is 21.0. The number of nitrogens with zero attached hydrogens (tertiary/aromatic N) is 1. The molecule has 11 heteroatoms. The highest BCUT2D eigenvalue weighted by Crippen LogP contribution is 2.53. The molecule has 0 aliphatic heterocycles. The molecule has 5 rings (SSSR count). The topological polar surface area (TPSA) is 199 Å². The van der Waals surface area contributed by atoms with Gasteiger partial charge in [-0.2, -0.15) is 0 Å². The van der Waals surface area contributed by atoms with Crippen LogP contribution in [0.3, 0.4) is 0 Å². The van der Waals surface area contributed by atoms with Crippen LogP contribution in [0, 0.1) is 11.8 Å². The summed E-state index contributed by atoms with van der Waals surface area (Å²) in [5.41, 5.74) is 2.93. The van der Waals surface area contributed by atoms with E-state index in [0.29, 0.717) is 16.7 Å². The molecule has 202 valence electrons. The summed E-state index contributed by atoms with van der Waals surface area (Å²) in [7, 11) is 3.05. The molecule has 7 N–H and O–H groups in total. The van der Waals surface area contributed by atoms with E-state index in [-0.39, 0.29) is 35.3 Å². The van der Waals surface area contributed by atoms with E-state index in [1.165, 1.54) is 37.2 Å². The van der Waals surface area contributed by atoms with Gasteiger partial charge in [-0.15, -0.1) is 0 Å². The van der Waals surface area contributed by atoms with Crippen molar-refractivity contribution in [1.29, 1.82) is 0 Å². The number of likely N-dealkylation sites (N-methyl/N-ethyl adjacent to an activating group) is 1. The van der Waals surface area contributed by atoms with Crippen molar-refractivity contribution in [3.63, 3.8) is 0 Å². The number of carboxylic acid groups (broad SMARTS) is 1. The van der Waals surface area contributed by atoms with Crippen LogP contribution in [-0.2, 0) is 20.8 Å². The number of benzene rings is 2. The van der Waals surface area contributed by atoms with E-state index in [0.717, 1.165) is 0 Å². The molecule has 1 saturated carbocycles. The SMILES string of the molecule is CN(C)[C@@H]1C(=O)C(C(N)=O)=C(O)[C@@]2(O)C(=O)C3=C(O)c4c(O)ccc(-c5cccc(C(=O)O)c5)c4C[C@H]3C[C@@H]12. The summed E-state index contributed by atoms with van der Waals surface area (Å²) in [6.45, 7) is 0. The van der Waals surface area contributed by atoms with Crippen molar-refractivity contribution < 1.29 is 44.7 Å². The highest BCUT2D eigenvalue weighted by atomic mass is 16.4. The van der Waals surface area contributed by atoms with Crippen LogP contribution < -0.4 is 5.73 Å². The van der Waals surface area contributed by atoms with Gasteiger partial charge < -0.3 is 31.3 Å². The summed E-state index contributed by atoms with van der Waals surface area (Å²) in [6, 6.07) is 7.81. The number of aliphatic hydroxyl groups is 3. The highest BCUT2D eigenvalue weighted by Gasteiger charge is 2.64. The van der Waals surface area contributed by atoms with E-state index >= 15 is 0 Å². The van der Waals surface area contributed by atoms with Gasteiger partial charge in [0, 0.05) is 11.5 Å². The maximum absolute atomic E-state index is 13.9. The van der Waals surface area contributed by atoms with E-state index in [9.17, 15) is 44.7 Å². The van der Waals surface area contributed by atoms with Gasteiger partial charge in [0.05, 0.1) is 17.2 Å². The fourth-order valence-corrected chi connectivity index (χ4v) is 6.33. The Morgan fingerprint density at radius 3 is 2.38 bits per heavy atom. The number of aromatic carboxylic acids is 1. The molecule has 0 heterocycles. The molecule has 2 aromatic carbocycles. The third-order valence-electron chi connectivity index (χ3n) is 8.02. The van der Waals surface area contributed by atoms with E-state index in [1.54, 1.807) is 18.2 Å². The molecule has 0 aromatic heterocycles. The van der Waals surface area contributed by atoms with Crippen molar-refractivity contribution in [3.8, 4) is 16.9 Å². The van der Waals surface area contributed by atoms with Crippen molar-refractivity contribution in [3.05, 3.63) is 70.0 Å². The minimum absolute atomic E-state index is 0.0329. The van der Waals surface area contributed by atoms with Crippen LogP contribution in [0.4, 0.5) is 0 Å². The summed E-state index contributed by atoms with van der Waals surface area (Å²) in [5, 5.41) is 54.0. The number of amides is 1. The molecule has 3 aliphatic rings. The normalized spacial score (nSPS) is 26.3. The smallest absolute Gasteiger partial charge is 0.335 e. The van der Waals surface area contributed by atoms with Gasteiger partial charge in [0.1, 0.15) is 22.8 Å². The van der Waals surface area contributed by atoms with Gasteiger partial charge in [0.25, 0.3) is 5.91 Å². The molecule has 0 radical (unpaired) electrons. The van der Waals surface area contributed by atoms with Gasteiger partial charge >= 0.3 is 5.97 Å². The van der Waals surface area contributed by atoms with Crippen molar-refractivity contribution in [2.45, 2.75) is 24.5 Å². The number of carbonyl (C=O) groups is 4. The van der Waals surface area contributed by atoms with Crippen molar-refractivity contribution >= 4 is 29.2 Å². The fraction of sp³-hybridized carbons (Fsp3) is 0.286. The van der Waals surface area contributed by atoms with Crippen molar-refractivity contribution in [2.24, 2.45) is 17.6 Å². The van der Waals surface area contributed by atoms with Gasteiger partial charge in [-0.1, -0.05) is 18.2 Å². The van der Waals surface area contributed by atoms with E-state index in [2.05, 4.69) is 0 Å². The monoisotopic (exact) mass is 534 g/mol. The number of hydrogen-bond acceptors (Lipinski definition) is 9. The number of carboxylic acids is 1. The number of aromatic hydroxyl groups is 1. The lowest BCUT2D eigenvalue weighted by Crippen LogP contribution is -2.65. The first-order valence-electron chi connectivity index (χ1n) is 12.1. The van der Waals surface area contributed by atoms with Gasteiger partial charge in [-0.25, -0.2) is 4.79 Å². The Morgan fingerprint density at radius 1 is 1.08 bits per heavy atom. The number of Topliss-reactive ketones (excluding diaryl/α,β-unsaturated/α-hetero) is 2. The number of ketones is 2. The third kappa shape index (κ3) is 3.57. The Kier molecular flexibility index (Phi) is 5.89. The minimum atomic E-state index is -2.71. The molecule has 0 spiro atoms. The zero-order valence-corrected chi connectivity index (χ0v) is 21.0. The van der Waals surface area contributed by atoms with Gasteiger partial charge in [0.15, 0.2) is 11.4 Å². The summed E-state index contributed by atoms with van der Waals surface area (Å²) in [4.78, 5) is 52.1. The molecule has 3 aliphatic carbocycles. The Balaban J connectivity index is 1.73. The average molecular weight is 535 g/mol. The molecule has 0 saturated heterocycles. The molecular weight excluding hydrogens is 508 g/mol. The molecule has 1 amide bonds. The maximum Gasteiger partial charge on any atom is 0.335 e. The predicted octanol–water partition coefficient (Wildman–Crippen LogP) is 1.33. The Bertz CT molecular complexity index is 1550. The minimum Gasteiger partial charge on any atom is -0.508 e. The first-order chi connectivity index (χ1) is 18.3. The highest BCUT2D eigenvalue weighted by molar-refractivity contribution is 6.24. The van der Waals surface area contributed by atoms with Crippen LogP contribution in [0.5, 0.6) is 5.75 Å². The largest absolute Gasteiger partial charge is 0.508 e. The zero-order chi connectivity index (χ0) is 28.5. The lowest BCUT2D eigenvalue weighted by Gasteiger charge is -2.50. The number of aliphatic hydroxyl groups excluding tert-OH is 2. The lowest BCUT2D eigenvalue weighted by molar-refractivity contribution is -0.153. The van der Waals surface area contributed by atoms with E-state index in [1.807, 2.05) is 0 Å². The average Bonchev–Trinajstić information content (AvgIpc) is 2.86. The summed E-state index contributed by atoms with van der Waals surface area (Å²) in [5.74, 6) is -8.40. The number of rotatable bonds is 4.